The molecule has 82 valence electrons. The minimum Gasteiger partial charge on any atom is -0.494 e. The number of rotatable bonds is 3. The van der Waals surface area contributed by atoms with Gasteiger partial charge in [0.25, 0.3) is 0 Å². The van der Waals surface area contributed by atoms with Crippen molar-refractivity contribution in [3.63, 3.8) is 0 Å². The molecule has 2 nitrogen and oxygen atoms in total. The van der Waals surface area contributed by atoms with Crippen molar-refractivity contribution in [3.05, 3.63) is 24.0 Å². The van der Waals surface area contributed by atoms with Gasteiger partial charge in [0.1, 0.15) is 11.6 Å². The number of methoxy groups -OCH3 is 1. The normalized spacial score (nSPS) is 16.7. The molecule has 15 heavy (non-hydrogen) atoms. The van der Waals surface area contributed by atoms with Crippen molar-refractivity contribution in [1.29, 1.82) is 0 Å². The van der Waals surface area contributed by atoms with Crippen molar-refractivity contribution in [2.45, 2.75) is 31.7 Å². The summed E-state index contributed by atoms with van der Waals surface area (Å²) in [5.74, 6) is 0.325. The zero-order chi connectivity index (χ0) is 10.7. The van der Waals surface area contributed by atoms with Crippen LogP contribution in [0.3, 0.4) is 0 Å². The number of anilines is 1. The van der Waals surface area contributed by atoms with E-state index < -0.39 is 0 Å². The van der Waals surface area contributed by atoms with E-state index in [9.17, 15) is 4.39 Å². The summed E-state index contributed by atoms with van der Waals surface area (Å²) in [5.41, 5.74) is 0.894. The van der Waals surface area contributed by atoms with Crippen molar-refractivity contribution in [2.75, 3.05) is 12.4 Å². The quantitative estimate of drug-likeness (QED) is 0.825. The maximum Gasteiger partial charge on any atom is 0.144 e. The molecule has 0 radical (unpaired) electrons. The van der Waals surface area contributed by atoms with Crippen molar-refractivity contribution < 1.29 is 9.13 Å². The summed E-state index contributed by atoms with van der Waals surface area (Å²) in [5, 5.41) is 3.40. The van der Waals surface area contributed by atoms with E-state index in [1.54, 1.807) is 13.2 Å². The Kier molecular flexibility index (Phi) is 3.09. The van der Waals surface area contributed by atoms with Crippen LogP contribution in [-0.4, -0.2) is 13.2 Å². The summed E-state index contributed by atoms with van der Waals surface area (Å²) in [7, 11) is 1.56. The zero-order valence-corrected chi connectivity index (χ0v) is 8.92. The monoisotopic (exact) mass is 209 g/mol. The number of ether oxygens (including phenoxy) is 1. The van der Waals surface area contributed by atoms with Gasteiger partial charge in [0.2, 0.25) is 0 Å². The molecule has 0 aromatic heterocycles. The van der Waals surface area contributed by atoms with Crippen LogP contribution in [-0.2, 0) is 0 Å². The van der Waals surface area contributed by atoms with Crippen LogP contribution in [0.5, 0.6) is 5.75 Å². The lowest BCUT2D eigenvalue weighted by molar-refractivity contribution is 0.412. The molecule has 0 bridgehead atoms. The van der Waals surface area contributed by atoms with Gasteiger partial charge in [0, 0.05) is 12.1 Å². The SMILES string of the molecule is COc1cc(F)ccc1NC1CCCC1. The van der Waals surface area contributed by atoms with Gasteiger partial charge in [-0.3, -0.25) is 0 Å². The molecule has 0 atom stereocenters. The Labute approximate surface area is 89.4 Å². The molecule has 1 N–H and O–H groups in total. The third-order valence-corrected chi connectivity index (χ3v) is 2.88. The third kappa shape index (κ3) is 2.41. The van der Waals surface area contributed by atoms with Gasteiger partial charge >= 0.3 is 0 Å². The van der Waals surface area contributed by atoms with Crippen molar-refractivity contribution in [2.24, 2.45) is 0 Å². The average Bonchev–Trinajstić information content (AvgIpc) is 2.73. The Bertz CT molecular complexity index is 334. The highest BCUT2D eigenvalue weighted by atomic mass is 19.1. The summed E-state index contributed by atoms with van der Waals surface area (Å²) < 4.78 is 18.1. The highest BCUT2D eigenvalue weighted by Gasteiger charge is 2.16. The van der Waals surface area contributed by atoms with Gasteiger partial charge in [-0.25, -0.2) is 4.39 Å². The Morgan fingerprint density at radius 1 is 1.33 bits per heavy atom. The van der Waals surface area contributed by atoms with Gasteiger partial charge < -0.3 is 10.1 Å². The van der Waals surface area contributed by atoms with Crippen LogP contribution in [0.15, 0.2) is 18.2 Å². The first kappa shape index (κ1) is 10.3. The largest absolute Gasteiger partial charge is 0.494 e. The fourth-order valence-corrected chi connectivity index (χ4v) is 2.07. The number of hydrogen-bond donors (Lipinski definition) is 1. The molecular formula is C12H16FNO. The summed E-state index contributed by atoms with van der Waals surface area (Å²) in [4.78, 5) is 0. The molecule has 1 aromatic rings. The topological polar surface area (TPSA) is 21.3 Å². The first-order valence-electron chi connectivity index (χ1n) is 5.39. The fourth-order valence-electron chi connectivity index (χ4n) is 2.07. The lowest BCUT2D eigenvalue weighted by atomic mass is 10.2. The number of halogens is 1. The molecule has 0 aliphatic heterocycles. The number of hydrogen-bond acceptors (Lipinski definition) is 2. The maximum atomic E-state index is 12.9. The number of benzene rings is 1. The third-order valence-electron chi connectivity index (χ3n) is 2.88. The first-order valence-corrected chi connectivity index (χ1v) is 5.39. The number of nitrogens with one attached hydrogen (secondary N) is 1. The molecule has 1 saturated carbocycles. The fraction of sp³-hybridized carbons (Fsp3) is 0.500. The van der Waals surface area contributed by atoms with E-state index in [1.807, 2.05) is 0 Å². The predicted octanol–water partition coefficient (Wildman–Crippen LogP) is 3.19. The second-order valence-electron chi connectivity index (χ2n) is 3.97. The Morgan fingerprint density at radius 2 is 2.07 bits per heavy atom. The van der Waals surface area contributed by atoms with E-state index in [2.05, 4.69) is 5.32 Å². The molecule has 0 saturated heterocycles. The molecule has 0 amide bonds. The molecule has 1 aromatic carbocycles. The van der Waals surface area contributed by atoms with Crippen LogP contribution in [0.4, 0.5) is 10.1 Å². The van der Waals surface area contributed by atoms with Crippen LogP contribution in [0.25, 0.3) is 0 Å². The van der Waals surface area contributed by atoms with Gasteiger partial charge in [-0.15, -0.1) is 0 Å². The Hall–Kier alpha value is -1.25. The van der Waals surface area contributed by atoms with E-state index in [0.717, 1.165) is 5.69 Å². The van der Waals surface area contributed by atoms with Crippen molar-refractivity contribution >= 4 is 5.69 Å². The predicted molar refractivity (Wildman–Crippen MR) is 58.8 cm³/mol. The van der Waals surface area contributed by atoms with Crippen LogP contribution in [0, 0.1) is 5.82 Å². The van der Waals surface area contributed by atoms with Crippen LogP contribution in [0.2, 0.25) is 0 Å². The summed E-state index contributed by atoms with van der Waals surface area (Å²) in [6, 6.07) is 5.13. The molecule has 2 rings (SSSR count). The van der Waals surface area contributed by atoms with E-state index in [0.29, 0.717) is 11.8 Å². The Morgan fingerprint density at radius 3 is 2.73 bits per heavy atom. The minimum atomic E-state index is -0.260. The van der Waals surface area contributed by atoms with Gasteiger partial charge in [-0.1, -0.05) is 12.8 Å². The average molecular weight is 209 g/mol. The lowest BCUT2D eigenvalue weighted by Gasteiger charge is -2.16. The summed E-state index contributed by atoms with van der Waals surface area (Å²) >= 11 is 0. The molecular weight excluding hydrogens is 193 g/mol. The van der Waals surface area contributed by atoms with Gasteiger partial charge in [0.15, 0.2) is 0 Å². The van der Waals surface area contributed by atoms with Crippen molar-refractivity contribution in [1.82, 2.24) is 0 Å². The zero-order valence-electron chi connectivity index (χ0n) is 8.92. The molecule has 1 fully saturated rings. The highest BCUT2D eigenvalue weighted by Crippen LogP contribution is 2.29. The van der Waals surface area contributed by atoms with Crippen LogP contribution >= 0.6 is 0 Å². The van der Waals surface area contributed by atoms with E-state index >= 15 is 0 Å². The van der Waals surface area contributed by atoms with Crippen LogP contribution in [0.1, 0.15) is 25.7 Å². The summed E-state index contributed by atoms with van der Waals surface area (Å²) in [6.45, 7) is 0. The first-order chi connectivity index (χ1) is 7.29. The second kappa shape index (κ2) is 4.51. The lowest BCUT2D eigenvalue weighted by Crippen LogP contribution is -2.15. The Balaban J connectivity index is 2.12. The molecule has 0 spiro atoms. The van der Waals surface area contributed by atoms with Gasteiger partial charge in [-0.2, -0.15) is 0 Å². The smallest absolute Gasteiger partial charge is 0.144 e. The van der Waals surface area contributed by atoms with E-state index in [4.69, 9.17) is 4.74 Å². The van der Waals surface area contributed by atoms with Gasteiger partial charge in [0.05, 0.1) is 12.8 Å². The molecule has 1 aliphatic carbocycles. The maximum absolute atomic E-state index is 12.9. The molecule has 0 heterocycles. The molecule has 3 heteroatoms. The van der Waals surface area contributed by atoms with E-state index in [-0.39, 0.29) is 5.82 Å². The summed E-state index contributed by atoms with van der Waals surface area (Å²) in [6.07, 6.45) is 4.95. The molecule has 0 unspecified atom stereocenters. The standard InChI is InChI=1S/C12H16FNO/c1-15-12-8-9(13)6-7-11(12)14-10-4-2-3-5-10/h6-8,10,14H,2-5H2,1H3. The van der Waals surface area contributed by atoms with Crippen molar-refractivity contribution in [3.8, 4) is 5.75 Å². The van der Waals surface area contributed by atoms with Gasteiger partial charge in [-0.05, 0) is 25.0 Å². The molecule has 1 aliphatic rings. The highest BCUT2D eigenvalue weighted by molar-refractivity contribution is 5.57. The van der Waals surface area contributed by atoms with E-state index in [1.165, 1.54) is 37.8 Å². The minimum absolute atomic E-state index is 0.260. The second-order valence-corrected chi connectivity index (χ2v) is 3.97. The van der Waals surface area contributed by atoms with Crippen LogP contribution < -0.4 is 10.1 Å².